The number of para-hydroxylation sites is 1. The molecule has 6 nitrogen and oxygen atoms in total. The van der Waals surface area contributed by atoms with Crippen LogP contribution in [0.1, 0.15) is 6.92 Å². The fourth-order valence-electron chi connectivity index (χ4n) is 1.05. The van der Waals surface area contributed by atoms with E-state index in [2.05, 4.69) is 47.3 Å². The molecule has 0 aliphatic carbocycles. The Morgan fingerprint density at radius 1 is 0.788 bits per heavy atom. The Morgan fingerprint density at radius 3 is 1.15 bits per heavy atom. The molecule has 0 spiro atoms. The second-order valence-corrected chi connectivity index (χ2v) is 6.83. The van der Waals surface area contributed by atoms with Crippen molar-refractivity contribution in [2.45, 2.75) is 41.0 Å². The molecule has 0 heterocycles. The number of aliphatic hydroxyl groups excluding tert-OH is 3. The summed E-state index contributed by atoms with van der Waals surface area (Å²) in [6, 6.07) is 17.4. The number of hydrogen-bond acceptors (Lipinski definition) is 6. The van der Waals surface area contributed by atoms with Crippen molar-refractivity contribution < 1.29 is 30.5 Å². The second kappa shape index (κ2) is 36.9. The summed E-state index contributed by atoms with van der Waals surface area (Å²) < 4.78 is 0. The van der Waals surface area contributed by atoms with Gasteiger partial charge in [-0.1, -0.05) is 89.2 Å². The first-order chi connectivity index (χ1) is 15.5. The average molecular weight is 462 g/mol. The molecule has 0 fully saturated rings. The van der Waals surface area contributed by atoms with Crippen LogP contribution in [-0.4, -0.2) is 64.7 Å². The largest absolute Gasteiger partial charge is 0.516 e. The van der Waals surface area contributed by atoms with Gasteiger partial charge in [-0.05, 0) is 24.5 Å². The number of benzene rings is 2. The van der Waals surface area contributed by atoms with Crippen molar-refractivity contribution in [1.82, 2.24) is 0 Å². The van der Waals surface area contributed by atoms with Crippen molar-refractivity contribution in [3.05, 3.63) is 86.1 Å². The van der Waals surface area contributed by atoms with E-state index < -0.39 is 7.12 Å². The zero-order valence-electron chi connectivity index (χ0n) is 21.5. The predicted octanol–water partition coefficient (Wildman–Crippen LogP) is 3.89. The zero-order valence-corrected chi connectivity index (χ0v) is 21.5. The molecule has 2 aromatic rings. The number of phenols is 1. The quantitative estimate of drug-likeness (QED) is 0.298. The van der Waals surface area contributed by atoms with Crippen LogP contribution in [0.25, 0.3) is 0 Å². The molecule has 33 heavy (non-hydrogen) atoms. The molecule has 0 bridgehead atoms. The second-order valence-electron chi connectivity index (χ2n) is 6.83. The Labute approximate surface area is 203 Å². The molecule has 9 heteroatoms. The van der Waals surface area contributed by atoms with Gasteiger partial charge in [-0.3, -0.25) is 0 Å². The van der Waals surface area contributed by atoms with Gasteiger partial charge in [0.2, 0.25) is 0 Å². The van der Waals surface area contributed by atoms with Crippen LogP contribution in [0.3, 0.4) is 0 Å². The van der Waals surface area contributed by atoms with Crippen molar-refractivity contribution in [2.75, 3.05) is 13.7 Å². The molecule has 0 saturated carbocycles. The van der Waals surface area contributed by atoms with E-state index in [1.165, 1.54) is 0 Å². The highest BCUT2D eigenvalue weighted by atomic mass is 16.4. The number of phenolic OH excluding ortho intramolecular Hbond substituents is 1. The van der Waals surface area contributed by atoms with Gasteiger partial charge in [0.15, 0.2) is 6.71 Å². The first kappa shape index (κ1) is 40.9. The highest BCUT2D eigenvalue weighted by molar-refractivity contribution is 6.61. The third-order valence-electron chi connectivity index (χ3n) is 2.33. The Bertz CT molecular complexity index is 581. The van der Waals surface area contributed by atoms with Crippen LogP contribution < -0.4 is 5.46 Å². The summed E-state index contributed by atoms with van der Waals surface area (Å²) >= 11 is 0. The number of rotatable bonds is 2. The predicted molar refractivity (Wildman–Crippen MR) is 149 cm³/mol. The van der Waals surface area contributed by atoms with E-state index in [9.17, 15) is 0 Å². The maximum absolute atomic E-state index is 8.63. The van der Waals surface area contributed by atoms with Crippen LogP contribution >= 0.6 is 0 Å². The summed E-state index contributed by atoms with van der Waals surface area (Å²) in [6.07, 6.45) is 0.750. The van der Waals surface area contributed by atoms with E-state index in [1.54, 1.807) is 55.5 Å². The molecule has 0 aromatic heterocycles. The topological polar surface area (TPSA) is 121 Å². The fourth-order valence-corrected chi connectivity index (χ4v) is 1.05. The third kappa shape index (κ3) is 58.7. The molecule has 0 radical (unpaired) electrons. The minimum atomic E-state index is -1.34. The van der Waals surface area contributed by atoms with E-state index in [0.717, 1.165) is 20.1 Å². The number of aliphatic hydroxyl groups is 3. The van der Waals surface area contributed by atoms with E-state index in [0.29, 0.717) is 17.9 Å². The highest BCUT2D eigenvalue weighted by Gasteiger charge is 2.07. The molecular weight excluding hydrogens is 417 g/mol. The van der Waals surface area contributed by atoms with E-state index >= 15 is 0 Å². The highest BCUT2D eigenvalue weighted by Crippen LogP contribution is 2.02. The lowest BCUT2D eigenvalue weighted by atomic mass is 9.55. The molecule has 0 atom stereocenters. The van der Waals surface area contributed by atoms with E-state index in [1.807, 2.05) is 18.1 Å². The molecule has 0 amide bonds. The molecule has 2 aromatic carbocycles. The molecule has 0 unspecified atom stereocenters. The molecule has 186 valence electrons. The Hall–Kier alpha value is -2.45. The van der Waals surface area contributed by atoms with Crippen LogP contribution in [0.2, 0.25) is 34.1 Å². The lowest BCUT2D eigenvalue weighted by Crippen LogP contribution is -2.29. The average Bonchev–Trinajstić information content (AvgIpc) is 2.78. The molecule has 6 N–H and O–H groups in total. The van der Waals surface area contributed by atoms with Gasteiger partial charge < -0.3 is 30.5 Å². The zero-order chi connectivity index (χ0) is 27.1. The van der Waals surface area contributed by atoms with Gasteiger partial charge >= 0.3 is 7.12 Å². The van der Waals surface area contributed by atoms with Gasteiger partial charge in [0.05, 0.1) is 6.26 Å². The maximum Gasteiger partial charge on any atom is 0.488 e. The monoisotopic (exact) mass is 462 g/mol. The van der Waals surface area contributed by atoms with Gasteiger partial charge in [-0.2, -0.15) is 0 Å². The molecule has 0 saturated heterocycles. The summed E-state index contributed by atoms with van der Waals surface area (Å²) in [7, 11) is -0.341. The summed E-state index contributed by atoms with van der Waals surface area (Å²) in [5, 5.41) is 47.7. The normalized spacial score (nSPS) is 7.24. The van der Waals surface area contributed by atoms with Crippen LogP contribution in [0.4, 0.5) is 0 Å². The fraction of sp³-hybridized carbons (Fsp3) is 0.333. The van der Waals surface area contributed by atoms with Crippen LogP contribution in [0, 0.1) is 0 Å². The van der Waals surface area contributed by atoms with Gasteiger partial charge in [-0.25, -0.2) is 0 Å². The summed E-state index contributed by atoms with van der Waals surface area (Å²) in [5.74, 6) is 2.24. The van der Waals surface area contributed by atoms with Crippen LogP contribution in [-0.2, 0) is 0 Å². The Morgan fingerprint density at radius 2 is 1.03 bits per heavy atom. The van der Waals surface area contributed by atoms with E-state index in [4.69, 9.17) is 30.5 Å². The van der Waals surface area contributed by atoms with Crippen molar-refractivity contribution in [3.8, 4) is 5.75 Å². The Balaban J connectivity index is -0.0000000986. The maximum atomic E-state index is 8.63. The smallest absolute Gasteiger partial charge is 0.488 e. The lowest BCUT2D eigenvalue weighted by Gasteiger charge is -1.94. The van der Waals surface area contributed by atoms with Gasteiger partial charge in [-0.15, -0.1) is 12.6 Å². The van der Waals surface area contributed by atoms with E-state index in [-0.39, 0.29) is 6.61 Å². The molecular formula is C24H45B3O6. The van der Waals surface area contributed by atoms with Gasteiger partial charge in [0.25, 0.3) is 0 Å². The molecule has 2 rings (SSSR count). The summed E-state index contributed by atoms with van der Waals surface area (Å²) in [5.41, 5.74) is 0.525. The SMILES string of the molecule is C=CB(C)C.C=CO.CB(C)C.CCO.CO.OB(O)c1ccccc1.Oc1ccccc1. The summed E-state index contributed by atoms with van der Waals surface area (Å²) in [6.45, 7) is 20.6. The lowest BCUT2D eigenvalue weighted by molar-refractivity contribution is 0.318. The van der Waals surface area contributed by atoms with Crippen molar-refractivity contribution in [3.63, 3.8) is 0 Å². The molecule has 0 aliphatic heterocycles. The number of hydrogen-bond donors (Lipinski definition) is 6. The van der Waals surface area contributed by atoms with Crippen molar-refractivity contribution >= 4 is 26.0 Å². The minimum absolute atomic E-state index is 0.250. The van der Waals surface area contributed by atoms with Crippen LogP contribution in [0.5, 0.6) is 5.75 Å². The molecule has 0 aliphatic rings. The van der Waals surface area contributed by atoms with Gasteiger partial charge in [0.1, 0.15) is 12.5 Å². The Kier molecular flexibility index (Phi) is 45.7. The number of aromatic hydroxyl groups is 1. The minimum Gasteiger partial charge on any atom is -0.516 e. The first-order valence-electron chi connectivity index (χ1n) is 10.6. The summed E-state index contributed by atoms with van der Waals surface area (Å²) in [4.78, 5) is 0. The van der Waals surface area contributed by atoms with Crippen molar-refractivity contribution in [1.29, 1.82) is 0 Å². The third-order valence-corrected chi connectivity index (χ3v) is 2.33. The van der Waals surface area contributed by atoms with Gasteiger partial charge in [0, 0.05) is 13.7 Å². The van der Waals surface area contributed by atoms with Crippen LogP contribution in [0.15, 0.2) is 86.1 Å². The standard InChI is InChI=1S/C6H7BO2.C6H6O.C4H9B.C3H9B.C2H6O.C2H4O.CH4O/c8-7(9)6-4-2-1-3-5-6;7-6-4-2-1-3-5-6;1-4-5(2)3;1-4(2)3;2*1-2-3;1-2/h1-5,8-9H;1-5,7H;4H,1H2,2-3H3;1-3H3;3H,2H2,1H3;2-3H,1H2;2H,1H3. The van der Waals surface area contributed by atoms with Crippen molar-refractivity contribution in [2.24, 2.45) is 0 Å². The first-order valence-corrected chi connectivity index (χ1v) is 10.6.